The molecule has 0 atom stereocenters. The normalized spacial score (nSPS) is 10.1. The van der Waals surface area contributed by atoms with E-state index in [1.54, 1.807) is 6.20 Å². The predicted octanol–water partition coefficient (Wildman–Crippen LogP) is -1.03. The average Bonchev–Trinajstić information content (AvgIpc) is 2.67. The maximum Gasteiger partial charge on any atom is 0.325 e. The van der Waals surface area contributed by atoms with Crippen molar-refractivity contribution in [1.82, 2.24) is 19.9 Å². The molecule has 0 saturated carbocycles. The highest BCUT2D eigenvalue weighted by atomic mass is 16.2. The minimum Gasteiger partial charge on any atom is -0.331 e. The van der Waals surface area contributed by atoms with E-state index >= 15 is 0 Å². The monoisotopic (exact) mass is 235 g/mol. The molecule has 2 rings (SSSR count). The third-order valence-corrected chi connectivity index (χ3v) is 1.92. The Kier molecular flexibility index (Phi) is 2.86. The van der Waals surface area contributed by atoms with Crippen LogP contribution < -0.4 is 16.6 Å². The van der Waals surface area contributed by atoms with Gasteiger partial charge in [0, 0.05) is 24.2 Å². The van der Waals surface area contributed by atoms with Crippen LogP contribution in [0.3, 0.4) is 0 Å². The number of carbonyl (C=O) groups excluding carboxylic acids is 1. The lowest BCUT2D eigenvalue weighted by molar-refractivity contribution is -0.115. The summed E-state index contributed by atoms with van der Waals surface area (Å²) in [4.78, 5) is 44.3. The van der Waals surface area contributed by atoms with Gasteiger partial charge in [-0.1, -0.05) is 0 Å². The number of nitrogens with one attached hydrogen (secondary N) is 4. The van der Waals surface area contributed by atoms with Gasteiger partial charge in [0.25, 0.3) is 5.56 Å². The molecule has 0 aliphatic rings. The van der Waals surface area contributed by atoms with E-state index in [1.165, 1.54) is 6.20 Å². The molecule has 0 unspecified atom stereocenters. The maximum absolute atomic E-state index is 11.5. The summed E-state index contributed by atoms with van der Waals surface area (Å²) in [6.07, 6.45) is 2.94. The zero-order valence-corrected chi connectivity index (χ0v) is 8.61. The van der Waals surface area contributed by atoms with E-state index in [0.717, 1.165) is 6.07 Å². The van der Waals surface area contributed by atoms with E-state index in [0.29, 0.717) is 5.95 Å². The highest BCUT2D eigenvalue weighted by Crippen LogP contribution is 1.97. The first-order valence-corrected chi connectivity index (χ1v) is 4.75. The molecule has 2 aromatic heterocycles. The Morgan fingerprint density at radius 2 is 2.18 bits per heavy atom. The second-order valence-corrected chi connectivity index (χ2v) is 3.28. The van der Waals surface area contributed by atoms with Crippen molar-refractivity contribution in [2.45, 2.75) is 6.42 Å². The van der Waals surface area contributed by atoms with Gasteiger partial charge < -0.3 is 9.97 Å². The van der Waals surface area contributed by atoms with Gasteiger partial charge in [-0.3, -0.25) is 19.9 Å². The summed E-state index contributed by atoms with van der Waals surface area (Å²) >= 11 is 0. The molecular weight excluding hydrogens is 226 g/mol. The molecule has 88 valence electrons. The van der Waals surface area contributed by atoms with E-state index in [4.69, 9.17) is 0 Å². The molecule has 0 aromatic carbocycles. The van der Waals surface area contributed by atoms with Gasteiger partial charge in [0.2, 0.25) is 11.9 Å². The number of aromatic amines is 3. The number of carbonyl (C=O) groups is 1. The number of imidazole rings is 1. The Balaban J connectivity index is 2.08. The van der Waals surface area contributed by atoms with Crippen LogP contribution in [-0.2, 0) is 11.2 Å². The summed E-state index contributed by atoms with van der Waals surface area (Å²) in [7, 11) is 0. The first-order valence-electron chi connectivity index (χ1n) is 4.75. The van der Waals surface area contributed by atoms with Crippen molar-refractivity contribution in [3.63, 3.8) is 0 Å². The minimum atomic E-state index is -0.640. The molecule has 4 N–H and O–H groups in total. The number of hydrogen-bond acceptors (Lipinski definition) is 4. The molecule has 1 amide bonds. The third-order valence-electron chi connectivity index (χ3n) is 1.92. The lowest BCUT2D eigenvalue weighted by atomic mass is 10.3. The molecule has 0 spiro atoms. The van der Waals surface area contributed by atoms with Crippen molar-refractivity contribution >= 4 is 11.9 Å². The topological polar surface area (TPSA) is 124 Å². The molecule has 2 heterocycles. The summed E-state index contributed by atoms with van der Waals surface area (Å²) in [5, 5.41) is 2.47. The van der Waals surface area contributed by atoms with Crippen LogP contribution in [0.1, 0.15) is 5.69 Å². The average molecular weight is 235 g/mol. The number of rotatable bonds is 3. The third kappa shape index (κ3) is 2.91. The van der Waals surface area contributed by atoms with Crippen LogP contribution in [-0.4, -0.2) is 25.8 Å². The lowest BCUT2D eigenvalue weighted by Crippen LogP contribution is -2.25. The van der Waals surface area contributed by atoms with Crippen LogP contribution in [0.15, 0.2) is 28.0 Å². The zero-order valence-electron chi connectivity index (χ0n) is 8.61. The molecule has 0 aliphatic heterocycles. The SMILES string of the molecule is O=C(Cc1cc(=O)[nH]c(=O)[nH]1)Nc1ncc[nH]1. The summed E-state index contributed by atoms with van der Waals surface area (Å²) in [5.41, 5.74) is -0.948. The molecule has 0 aliphatic carbocycles. The maximum atomic E-state index is 11.5. The van der Waals surface area contributed by atoms with Gasteiger partial charge in [-0.2, -0.15) is 0 Å². The lowest BCUT2D eigenvalue weighted by Gasteiger charge is -2.01. The minimum absolute atomic E-state index is 0.111. The zero-order chi connectivity index (χ0) is 12.3. The smallest absolute Gasteiger partial charge is 0.325 e. The van der Waals surface area contributed by atoms with Crippen molar-refractivity contribution < 1.29 is 4.79 Å². The molecule has 17 heavy (non-hydrogen) atoms. The van der Waals surface area contributed by atoms with Gasteiger partial charge in [0.05, 0.1) is 6.42 Å². The number of aromatic nitrogens is 4. The van der Waals surface area contributed by atoms with E-state index in [1.807, 2.05) is 4.98 Å². The van der Waals surface area contributed by atoms with Gasteiger partial charge in [-0.05, 0) is 0 Å². The quantitative estimate of drug-likeness (QED) is 0.542. The van der Waals surface area contributed by atoms with Crippen molar-refractivity contribution in [1.29, 1.82) is 0 Å². The molecule has 0 bridgehead atoms. The van der Waals surface area contributed by atoms with Crippen LogP contribution in [0.2, 0.25) is 0 Å². The van der Waals surface area contributed by atoms with Crippen LogP contribution in [0, 0.1) is 0 Å². The Labute approximate surface area is 94.1 Å². The van der Waals surface area contributed by atoms with E-state index in [9.17, 15) is 14.4 Å². The van der Waals surface area contributed by atoms with Crippen LogP contribution in [0.25, 0.3) is 0 Å². The van der Waals surface area contributed by atoms with Crippen LogP contribution in [0.4, 0.5) is 5.95 Å². The fraction of sp³-hybridized carbons (Fsp3) is 0.111. The van der Waals surface area contributed by atoms with Gasteiger partial charge >= 0.3 is 5.69 Å². The van der Waals surface area contributed by atoms with Gasteiger partial charge in [0.1, 0.15) is 0 Å². The van der Waals surface area contributed by atoms with E-state index < -0.39 is 11.2 Å². The standard InChI is InChI=1S/C9H9N5O3/c15-6(13-8-10-1-2-11-8)3-5-4-7(16)14-9(17)12-5/h1-2,4H,3H2,(H2,10,11,13,15)(H2,12,14,16,17). The molecule has 2 aromatic rings. The molecule has 8 heteroatoms. The number of anilines is 1. The largest absolute Gasteiger partial charge is 0.331 e. The van der Waals surface area contributed by atoms with Crippen LogP contribution >= 0.6 is 0 Å². The van der Waals surface area contributed by atoms with Gasteiger partial charge in [-0.25, -0.2) is 9.78 Å². The van der Waals surface area contributed by atoms with Crippen molar-refractivity contribution in [3.05, 3.63) is 45.0 Å². The summed E-state index contributed by atoms with van der Waals surface area (Å²) < 4.78 is 0. The Hall–Kier alpha value is -2.64. The summed E-state index contributed by atoms with van der Waals surface area (Å²) in [6.45, 7) is 0. The van der Waals surface area contributed by atoms with Crippen molar-refractivity contribution in [2.24, 2.45) is 0 Å². The van der Waals surface area contributed by atoms with Crippen LogP contribution in [0.5, 0.6) is 0 Å². The second kappa shape index (κ2) is 4.47. The number of hydrogen-bond donors (Lipinski definition) is 4. The summed E-state index contributed by atoms with van der Waals surface area (Å²) in [5.74, 6) is -0.0802. The molecule has 0 fully saturated rings. The summed E-state index contributed by atoms with van der Waals surface area (Å²) in [6, 6.07) is 1.16. The van der Waals surface area contributed by atoms with E-state index in [-0.39, 0.29) is 18.0 Å². The Morgan fingerprint density at radius 1 is 1.35 bits per heavy atom. The number of H-pyrrole nitrogens is 3. The highest BCUT2D eigenvalue weighted by molar-refractivity contribution is 5.90. The van der Waals surface area contributed by atoms with Crippen molar-refractivity contribution in [3.8, 4) is 0 Å². The highest BCUT2D eigenvalue weighted by Gasteiger charge is 2.06. The van der Waals surface area contributed by atoms with Gasteiger partial charge in [-0.15, -0.1) is 0 Å². The van der Waals surface area contributed by atoms with Gasteiger partial charge in [0.15, 0.2) is 0 Å². The van der Waals surface area contributed by atoms with Crippen molar-refractivity contribution in [2.75, 3.05) is 5.32 Å². The fourth-order valence-electron chi connectivity index (χ4n) is 1.30. The molecule has 0 radical (unpaired) electrons. The first kappa shape index (κ1) is 10.9. The Morgan fingerprint density at radius 3 is 2.82 bits per heavy atom. The first-order chi connectivity index (χ1) is 8.13. The van der Waals surface area contributed by atoms with E-state index in [2.05, 4.69) is 20.3 Å². The predicted molar refractivity (Wildman–Crippen MR) is 58.6 cm³/mol. The molecular formula is C9H9N5O3. The number of amides is 1. The Bertz CT molecular complexity index is 596. The molecule has 0 saturated heterocycles. The molecule has 8 nitrogen and oxygen atoms in total. The fourth-order valence-corrected chi connectivity index (χ4v) is 1.30. The second-order valence-electron chi connectivity index (χ2n) is 3.28. The number of nitrogens with zero attached hydrogens (tertiary/aromatic N) is 1.